The van der Waals surface area contributed by atoms with Crippen LogP contribution in [0.25, 0.3) is 5.78 Å². The summed E-state index contributed by atoms with van der Waals surface area (Å²) in [4.78, 5) is 7.92. The maximum absolute atomic E-state index is 9.68. The third-order valence-corrected chi connectivity index (χ3v) is 2.17. The third-order valence-electron chi connectivity index (χ3n) is 2.17. The Labute approximate surface area is 85.5 Å². The van der Waals surface area contributed by atoms with Crippen LogP contribution in [0.2, 0.25) is 0 Å². The molecule has 0 saturated heterocycles. The summed E-state index contributed by atoms with van der Waals surface area (Å²) in [6.07, 6.45) is 2.30. The van der Waals surface area contributed by atoms with Gasteiger partial charge in [-0.05, 0) is 6.07 Å². The Morgan fingerprint density at radius 3 is 2.87 bits per heavy atom. The first-order valence-electron chi connectivity index (χ1n) is 4.49. The molecule has 0 aliphatic heterocycles. The molecule has 6 nitrogen and oxygen atoms in total. The molecule has 2 rings (SSSR count). The smallest absolute Gasteiger partial charge is 0.233 e. The molecule has 15 heavy (non-hydrogen) atoms. The molecule has 0 bridgehead atoms. The van der Waals surface area contributed by atoms with Crippen LogP contribution in [0.15, 0.2) is 24.7 Å². The van der Waals surface area contributed by atoms with Crippen molar-refractivity contribution in [3.05, 3.63) is 30.4 Å². The van der Waals surface area contributed by atoms with Gasteiger partial charge in [-0.1, -0.05) is 0 Å². The van der Waals surface area contributed by atoms with Crippen molar-refractivity contribution in [2.45, 2.75) is 12.2 Å². The lowest BCUT2D eigenvalue weighted by molar-refractivity contribution is -0.0176. The van der Waals surface area contributed by atoms with Crippen molar-refractivity contribution >= 4 is 5.78 Å². The number of hydrogen-bond acceptors (Lipinski definition) is 5. The van der Waals surface area contributed by atoms with Crippen molar-refractivity contribution in [3.8, 4) is 0 Å². The van der Waals surface area contributed by atoms with Crippen LogP contribution in [0, 0.1) is 0 Å². The summed E-state index contributed by atoms with van der Waals surface area (Å²) < 4.78 is 1.56. The zero-order chi connectivity index (χ0) is 10.8. The number of imidazole rings is 1. The first-order valence-corrected chi connectivity index (χ1v) is 4.49. The number of nitrogens with zero attached hydrogens (tertiary/aromatic N) is 3. The SMILES string of the molecule is OCC(O)C(O)c1cnc2ncccn12. The number of aliphatic hydroxyl groups excluding tert-OH is 3. The van der Waals surface area contributed by atoms with E-state index in [0.717, 1.165) is 0 Å². The summed E-state index contributed by atoms with van der Waals surface area (Å²) in [7, 11) is 0. The lowest BCUT2D eigenvalue weighted by Gasteiger charge is -2.14. The Kier molecular flexibility index (Phi) is 2.63. The van der Waals surface area contributed by atoms with E-state index in [1.165, 1.54) is 6.20 Å². The van der Waals surface area contributed by atoms with Gasteiger partial charge >= 0.3 is 0 Å². The topological polar surface area (TPSA) is 90.9 Å². The zero-order valence-corrected chi connectivity index (χ0v) is 7.85. The van der Waals surface area contributed by atoms with Crippen LogP contribution in [0.4, 0.5) is 0 Å². The lowest BCUT2D eigenvalue weighted by atomic mass is 10.1. The zero-order valence-electron chi connectivity index (χ0n) is 7.85. The van der Waals surface area contributed by atoms with Crippen molar-refractivity contribution < 1.29 is 15.3 Å². The first kappa shape index (κ1) is 10.0. The molecule has 0 radical (unpaired) electrons. The Morgan fingerprint density at radius 1 is 1.33 bits per heavy atom. The third kappa shape index (κ3) is 1.70. The van der Waals surface area contributed by atoms with Gasteiger partial charge in [0.05, 0.1) is 18.5 Å². The second-order valence-electron chi connectivity index (χ2n) is 3.17. The molecule has 2 aromatic heterocycles. The number of aliphatic hydroxyl groups is 3. The van der Waals surface area contributed by atoms with Gasteiger partial charge in [-0.3, -0.25) is 4.40 Å². The summed E-state index contributed by atoms with van der Waals surface area (Å²) in [6.45, 7) is -0.505. The van der Waals surface area contributed by atoms with E-state index in [-0.39, 0.29) is 0 Å². The lowest BCUT2D eigenvalue weighted by Crippen LogP contribution is -2.23. The first-order chi connectivity index (χ1) is 7.24. The van der Waals surface area contributed by atoms with Crippen LogP contribution in [-0.4, -0.2) is 42.4 Å². The highest BCUT2D eigenvalue weighted by Gasteiger charge is 2.20. The average molecular weight is 209 g/mol. The predicted molar refractivity (Wildman–Crippen MR) is 51.0 cm³/mol. The quantitative estimate of drug-likeness (QED) is 0.610. The van der Waals surface area contributed by atoms with E-state index in [2.05, 4.69) is 9.97 Å². The van der Waals surface area contributed by atoms with Gasteiger partial charge in [0.15, 0.2) is 0 Å². The molecule has 80 valence electrons. The minimum absolute atomic E-state index is 0.402. The maximum atomic E-state index is 9.68. The van der Waals surface area contributed by atoms with Crippen LogP contribution >= 0.6 is 0 Å². The minimum Gasteiger partial charge on any atom is -0.394 e. The van der Waals surface area contributed by atoms with Crippen molar-refractivity contribution in [2.75, 3.05) is 6.61 Å². The Hall–Kier alpha value is -1.50. The standard InChI is InChI=1S/C9H11N3O3/c13-5-7(14)8(15)6-4-11-9-10-2-1-3-12(6)9/h1-4,7-8,13-15H,5H2. The summed E-state index contributed by atoms with van der Waals surface area (Å²) in [5, 5.41) is 27.7. The van der Waals surface area contributed by atoms with E-state index in [4.69, 9.17) is 5.11 Å². The van der Waals surface area contributed by atoms with E-state index < -0.39 is 18.8 Å². The Morgan fingerprint density at radius 2 is 2.13 bits per heavy atom. The van der Waals surface area contributed by atoms with E-state index in [1.807, 2.05) is 0 Å². The summed E-state index contributed by atoms with van der Waals surface area (Å²) in [5.41, 5.74) is 0.402. The maximum Gasteiger partial charge on any atom is 0.233 e. The van der Waals surface area contributed by atoms with Gasteiger partial charge in [-0.2, -0.15) is 0 Å². The molecule has 0 fully saturated rings. The fourth-order valence-electron chi connectivity index (χ4n) is 1.36. The molecule has 0 spiro atoms. The van der Waals surface area contributed by atoms with Gasteiger partial charge in [0, 0.05) is 12.4 Å². The number of aromatic nitrogens is 3. The van der Waals surface area contributed by atoms with Crippen molar-refractivity contribution in [1.29, 1.82) is 0 Å². The van der Waals surface area contributed by atoms with Crippen LogP contribution in [0.3, 0.4) is 0 Å². The summed E-state index contributed by atoms with van der Waals surface area (Å²) in [6, 6.07) is 1.69. The van der Waals surface area contributed by atoms with Gasteiger partial charge in [0.25, 0.3) is 0 Å². The molecule has 3 N–H and O–H groups in total. The number of hydrogen-bond donors (Lipinski definition) is 3. The van der Waals surface area contributed by atoms with E-state index in [0.29, 0.717) is 11.5 Å². The fourth-order valence-corrected chi connectivity index (χ4v) is 1.36. The highest BCUT2D eigenvalue weighted by molar-refractivity contribution is 5.31. The molecule has 6 heteroatoms. The van der Waals surface area contributed by atoms with Crippen molar-refractivity contribution in [2.24, 2.45) is 0 Å². The van der Waals surface area contributed by atoms with Crippen LogP contribution < -0.4 is 0 Å². The van der Waals surface area contributed by atoms with Crippen LogP contribution in [-0.2, 0) is 0 Å². The Balaban J connectivity index is 2.43. The van der Waals surface area contributed by atoms with Gasteiger partial charge in [0.2, 0.25) is 5.78 Å². The Bertz CT molecular complexity index is 457. The number of fused-ring (bicyclic) bond motifs is 1. The van der Waals surface area contributed by atoms with Crippen LogP contribution in [0.1, 0.15) is 11.8 Å². The van der Waals surface area contributed by atoms with Gasteiger partial charge in [-0.15, -0.1) is 0 Å². The fraction of sp³-hybridized carbons (Fsp3) is 0.333. The van der Waals surface area contributed by atoms with E-state index in [1.54, 1.807) is 22.9 Å². The largest absolute Gasteiger partial charge is 0.394 e. The molecule has 0 aliphatic rings. The van der Waals surface area contributed by atoms with Crippen molar-refractivity contribution in [1.82, 2.24) is 14.4 Å². The average Bonchev–Trinajstić information content (AvgIpc) is 2.70. The monoisotopic (exact) mass is 209 g/mol. The van der Waals surface area contributed by atoms with Gasteiger partial charge < -0.3 is 15.3 Å². The van der Waals surface area contributed by atoms with Gasteiger partial charge in [-0.25, -0.2) is 9.97 Å². The van der Waals surface area contributed by atoms with E-state index in [9.17, 15) is 10.2 Å². The van der Waals surface area contributed by atoms with Crippen molar-refractivity contribution in [3.63, 3.8) is 0 Å². The second kappa shape index (κ2) is 3.93. The molecular formula is C9H11N3O3. The molecule has 0 aliphatic carbocycles. The molecule has 2 unspecified atom stereocenters. The molecule has 0 amide bonds. The highest BCUT2D eigenvalue weighted by Crippen LogP contribution is 2.17. The second-order valence-corrected chi connectivity index (χ2v) is 3.17. The molecule has 0 saturated carbocycles. The number of rotatable bonds is 3. The molecule has 2 atom stereocenters. The van der Waals surface area contributed by atoms with Crippen LogP contribution in [0.5, 0.6) is 0 Å². The highest BCUT2D eigenvalue weighted by atomic mass is 16.4. The summed E-state index contributed by atoms with van der Waals surface area (Å²) >= 11 is 0. The molecule has 0 aromatic carbocycles. The summed E-state index contributed by atoms with van der Waals surface area (Å²) in [5.74, 6) is 0.441. The minimum atomic E-state index is -1.22. The van der Waals surface area contributed by atoms with Gasteiger partial charge in [0.1, 0.15) is 12.2 Å². The molecule has 2 aromatic rings. The predicted octanol–water partition coefficient (Wildman–Crippen LogP) is -0.884. The normalized spacial score (nSPS) is 15.4. The van der Waals surface area contributed by atoms with E-state index >= 15 is 0 Å². The molecule has 2 heterocycles. The molecular weight excluding hydrogens is 198 g/mol.